The Balaban J connectivity index is 1.69. The van der Waals surface area contributed by atoms with E-state index in [1.807, 2.05) is 48.4 Å². The molecule has 7 nitrogen and oxygen atoms in total. The van der Waals surface area contributed by atoms with Gasteiger partial charge in [0.2, 0.25) is 5.43 Å². The van der Waals surface area contributed by atoms with E-state index in [1.165, 1.54) is 6.07 Å². The van der Waals surface area contributed by atoms with E-state index in [1.54, 1.807) is 27.5 Å². The highest BCUT2D eigenvalue weighted by molar-refractivity contribution is 7.98. The van der Waals surface area contributed by atoms with E-state index in [-0.39, 0.29) is 30.4 Å². The molecular formula is C26H23N3O4S. The average Bonchev–Trinajstić information content (AvgIpc) is 3.02. The largest absolute Gasteiger partial charge is 0.502 e. The first-order chi connectivity index (χ1) is 16.5. The molecule has 0 aliphatic carbocycles. The van der Waals surface area contributed by atoms with E-state index in [2.05, 4.69) is 18.2 Å². The van der Waals surface area contributed by atoms with Gasteiger partial charge in [0.25, 0.3) is 5.91 Å². The topological polar surface area (TPSA) is 75.0 Å². The van der Waals surface area contributed by atoms with Crippen LogP contribution in [0.3, 0.4) is 0 Å². The van der Waals surface area contributed by atoms with Crippen LogP contribution in [-0.4, -0.2) is 39.9 Å². The highest BCUT2D eigenvalue weighted by Crippen LogP contribution is 2.46. The number of pyridine rings is 1. The van der Waals surface area contributed by atoms with E-state index in [4.69, 9.17) is 4.74 Å². The maximum absolute atomic E-state index is 13.5. The second kappa shape index (κ2) is 7.99. The van der Waals surface area contributed by atoms with Crippen LogP contribution in [-0.2, 0) is 5.75 Å². The number of aromatic hydroxyl groups is 1. The van der Waals surface area contributed by atoms with Crippen molar-refractivity contribution in [1.29, 1.82) is 0 Å². The molecule has 8 heteroatoms. The van der Waals surface area contributed by atoms with E-state index in [0.717, 1.165) is 33.1 Å². The van der Waals surface area contributed by atoms with Gasteiger partial charge in [-0.1, -0.05) is 36.4 Å². The molecule has 3 aliphatic heterocycles. The Morgan fingerprint density at radius 1 is 1.09 bits per heavy atom. The molecule has 1 aromatic heterocycles. The first-order valence-electron chi connectivity index (χ1n) is 11.2. The van der Waals surface area contributed by atoms with Crippen molar-refractivity contribution in [2.75, 3.05) is 18.3 Å². The van der Waals surface area contributed by atoms with Crippen molar-refractivity contribution in [1.82, 2.24) is 9.58 Å². The maximum atomic E-state index is 13.5. The predicted molar refractivity (Wildman–Crippen MR) is 130 cm³/mol. The van der Waals surface area contributed by atoms with Gasteiger partial charge in [0.15, 0.2) is 11.4 Å². The minimum Gasteiger partial charge on any atom is -0.502 e. The first kappa shape index (κ1) is 20.9. The number of ether oxygens (including phenoxy) is 1. The summed E-state index contributed by atoms with van der Waals surface area (Å²) >= 11 is 1.77. The Bertz CT molecular complexity index is 1400. The third-order valence-electron chi connectivity index (χ3n) is 6.66. The molecule has 0 radical (unpaired) electrons. The summed E-state index contributed by atoms with van der Waals surface area (Å²) in [5.41, 5.74) is 2.67. The predicted octanol–water partition coefficient (Wildman–Crippen LogP) is 3.64. The normalized spacial score (nSPS) is 21.9. The van der Waals surface area contributed by atoms with Gasteiger partial charge in [-0.05, 0) is 36.3 Å². The van der Waals surface area contributed by atoms with Crippen molar-refractivity contribution in [3.63, 3.8) is 0 Å². The molecule has 3 aromatic rings. The van der Waals surface area contributed by atoms with E-state index in [0.29, 0.717) is 6.61 Å². The number of benzene rings is 2. The quantitative estimate of drug-likeness (QED) is 0.503. The van der Waals surface area contributed by atoms with Crippen LogP contribution in [0.4, 0.5) is 0 Å². The first-order valence-corrected chi connectivity index (χ1v) is 12.2. The monoisotopic (exact) mass is 473 g/mol. The van der Waals surface area contributed by atoms with Gasteiger partial charge in [-0.25, -0.2) is 0 Å². The summed E-state index contributed by atoms with van der Waals surface area (Å²) in [5.74, 6) is 0.655. The molecule has 2 aromatic carbocycles. The zero-order chi connectivity index (χ0) is 23.4. The molecule has 0 saturated heterocycles. The fourth-order valence-corrected chi connectivity index (χ4v) is 6.06. The Morgan fingerprint density at radius 3 is 2.82 bits per heavy atom. The van der Waals surface area contributed by atoms with Crippen molar-refractivity contribution in [2.24, 2.45) is 0 Å². The lowest BCUT2D eigenvalue weighted by molar-refractivity contribution is 0.0642. The number of hydrogen-bond acceptors (Lipinski definition) is 6. The van der Waals surface area contributed by atoms with E-state index < -0.39 is 11.2 Å². The summed E-state index contributed by atoms with van der Waals surface area (Å²) in [6, 6.07) is 15.1. The van der Waals surface area contributed by atoms with E-state index in [9.17, 15) is 14.7 Å². The van der Waals surface area contributed by atoms with E-state index >= 15 is 0 Å². The number of carbonyl (C=O) groups excluding carboxylic acids is 1. The van der Waals surface area contributed by atoms with Crippen molar-refractivity contribution in [2.45, 2.75) is 29.7 Å². The zero-order valence-electron chi connectivity index (χ0n) is 18.5. The average molecular weight is 474 g/mol. The molecule has 0 spiro atoms. The van der Waals surface area contributed by atoms with Crippen molar-refractivity contribution in [3.8, 4) is 11.5 Å². The van der Waals surface area contributed by atoms with Gasteiger partial charge in [0.1, 0.15) is 25.1 Å². The van der Waals surface area contributed by atoms with Gasteiger partial charge in [-0.15, -0.1) is 11.8 Å². The lowest BCUT2D eigenvalue weighted by Gasteiger charge is -2.45. The Kier molecular flexibility index (Phi) is 4.91. The van der Waals surface area contributed by atoms with Gasteiger partial charge in [-0.3, -0.25) is 19.3 Å². The molecule has 4 heterocycles. The Labute approximate surface area is 200 Å². The standard InChI is InChI=1S/C26H23N3O4S/c1-16-6-5-13-33-20-9-4-7-17-14-34-21-10-3-2-8-18(21)23(22(17)20)29-15-27(16)26(32)24-25(31)19(30)11-12-28(24)29/h2-12,16,23,31H,13-15H2,1H3/b6-5+/t16-,23+/m1/s1. The number of rotatable bonds is 0. The Morgan fingerprint density at radius 2 is 1.94 bits per heavy atom. The van der Waals surface area contributed by atoms with Crippen LogP contribution in [0, 0.1) is 0 Å². The van der Waals surface area contributed by atoms with Crippen LogP contribution in [0.2, 0.25) is 0 Å². The number of nitrogens with zero attached hydrogens (tertiary/aromatic N) is 3. The van der Waals surface area contributed by atoms with Gasteiger partial charge in [-0.2, -0.15) is 0 Å². The molecule has 0 unspecified atom stereocenters. The van der Waals surface area contributed by atoms with Crippen LogP contribution < -0.4 is 15.2 Å². The SMILES string of the molecule is C[C@@H]1/C=C/COc2cccc3c2[C@H](c2ccccc2SC3)N2CN1C(=O)c1c(O)c(=O)ccn12. The number of fused-ring (bicyclic) bond motifs is 7. The summed E-state index contributed by atoms with van der Waals surface area (Å²) < 4.78 is 7.90. The molecule has 2 bridgehead atoms. The molecule has 2 atom stereocenters. The maximum Gasteiger partial charge on any atom is 0.278 e. The van der Waals surface area contributed by atoms with Crippen LogP contribution in [0.5, 0.6) is 11.5 Å². The third kappa shape index (κ3) is 3.13. The zero-order valence-corrected chi connectivity index (χ0v) is 19.4. The number of amides is 1. The number of hydrogen-bond donors (Lipinski definition) is 1. The number of carbonyl (C=O) groups is 1. The highest BCUT2D eigenvalue weighted by Gasteiger charge is 2.40. The molecule has 6 rings (SSSR count). The second-order valence-corrected chi connectivity index (χ2v) is 9.63. The molecule has 3 aliphatic rings. The van der Waals surface area contributed by atoms with Gasteiger partial charge in [0, 0.05) is 34.5 Å². The smallest absolute Gasteiger partial charge is 0.278 e. The van der Waals surface area contributed by atoms with Crippen LogP contribution in [0.25, 0.3) is 0 Å². The summed E-state index contributed by atoms with van der Waals surface area (Å²) in [6.07, 6.45) is 5.41. The molecular weight excluding hydrogens is 450 g/mol. The van der Waals surface area contributed by atoms with Crippen LogP contribution in [0.15, 0.2) is 76.6 Å². The third-order valence-corrected chi connectivity index (χ3v) is 7.80. The fourth-order valence-electron chi connectivity index (χ4n) is 4.98. The lowest BCUT2D eigenvalue weighted by Crippen LogP contribution is -2.57. The van der Waals surface area contributed by atoms with Crippen molar-refractivity contribution < 1.29 is 14.6 Å². The fraction of sp³-hybridized carbons (Fsp3) is 0.231. The van der Waals surface area contributed by atoms with Crippen LogP contribution >= 0.6 is 11.8 Å². The van der Waals surface area contributed by atoms with Crippen LogP contribution in [0.1, 0.15) is 40.1 Å². The van der Waals surface area contributed by atoms with Crippen molar-refractivity contribution in [3.05, 3.63) is 99.5 Å². The highest BCUT2D eigenvalue weighted by atomic mass is 32.2. The molecule has 1 amide bonds. The molecule has 172 valence electrons. The summed E-state index contributed by atoms with van der Waals surface area (Å²) in [6.45, 7) is 2.57. The summed E-state index contributed by atoms with van der Waals surface area (Å²) in [7, 11) is 0. The number of aromatic nitrogens is 1. The molecule has 0 saturated carbocycles. The summed E-state index contributed by atoms with van der Waals surface area (Å²) in [4.78, 5) is 28.7. The minimum atomic E-state index is -0.574. The van der Waals surface area contributed by atoms with Crippen molar-refractivity contribution >= 4 is 17.7 Å². The second-order valence-electron chi connectivity index (χ2n) is 8.62. The molecule has 34 heavy (non-hydrogen) atoms. The number of thioether (sulfide) groups is 1. The summed E-state index contributed by atoms with van der Waals surface area (Å²) in [5, 5.41) is 12.8. The lowest BCUT2D eigenvalue weighted by atomic mass is 9.93. The molecule has 1 N–H and O–H groups in total. The van der Waals surface area contributed by atoms with Gasteiger partial charge >= 0.3 is 0 Å². The molecule has 0 fully saturated rings. The minimum absolute atomic E-state index is 0.0208. The van der Waals surface area contributed by atoms with Gasteiger partial charge < -0.3 is 14.7 Å². The Hall–Kier alpha value is -3.65. The van der Waals surface area contributed by atoms with Gasteiger partial charge in [0.05, 0.1) is 0 Å².